The predicted octanol–water partition coefficient (Wildman–Crippen LogP) is 1.88. The van der Waals surface area contributed by atoms with Gasteiger partial charge in [-0.15, -0.1) is 0 Å². The quantitative estimate of drug-likeness (QED) is 0.818. The van der Waals surface area contributed by atoms with E-state index >= 15 is 0 Å². The molecule has 0 aliphatic rings. The van der Waals surface area contributed by atoms with Gasteiger partial charge >= 0.3 is 0 Å². The number of hydrogen-bond acceptors (Lipinski definition) is 4. The van der Waals surface area contributed by atoms with E-state index in [2.05, 4.69) is 5.32 Å². The van der Waals surface area contributed by atoms with E-state index < -0.39 is 0 Å². The number of methoxy groups -OCH3 is 1. The fourth-order valence-electron chi connectivity index (χ4n) is 1.77. The summed E-state index contributed by atoms with van der Waals surface area (Å²) in [6.45, 7) is 2.47. The number of rotatable bonds is 6. The number of hydrogen-bond donors (Lipinski definition) is 2. The van der Waals surface area contributed by atoms with Crippen LogP contribution in [0.1, 0.15) is 25.3 Å². The number of ether oxygens (including phenoxy) is 1. The molecule has 0 aliphatic carbocycles. The minimum Gasteiger partial charge on any atom is -0.495 e. The fraction of sp³-hybridized carbons (Fsp3) is 0.429. The number of carbonyl (C=O) groups excluding carboxylic acids is 1. The fourth-order valence-corrected chi connectivity index (χ4v) is 1.77. The van der Waals surface area contributed by atoms with E-state index in [1.807, 2.05) is 13.0 Å². The van der Waals surface area contributed by atoms with Crippen LogP contribution in [0.3, 0.4) is 0 Å². The molecule has 1 rings (SSSR count). The van der Waals surface area contributed by atoms with Gasteiger partial charge in [0.05, 0.1) is 12.7 Å². The third kappa shape index (κ3) is 3.97. The van der Waals surface area contributed by atoms with Crippen molar-refractivity contribution in [2.75, 3.05) is 19.0 Å². The maximum Gasteiger partial charge on any atom is 0.224 e. The van der Waals surface area contributed by atoms with Crippen molar-refractivity contribution in [3.05, 3.63) is 23.8 Å². The van der Waals surface area contributed by atoms with Gasteiger partial charge in [-0.1, -0.05) is 19.4 Å². The van der Waals surface area contributed by atoms with Gasteiger partial charge in [-0.05, 0) is 24.6 Å². The van der Waals surface area contributed by atoms with Crippen molar-refractivity contribution < 1.29 is 9.53 Å². The summed E-state index contributed by atoms with van der Waals surface area (Å²) in [6.07, 6.45) is 1.19. The lowest BCUT2D eigenvalue weighted by molar-refractivity contribution is -0.117. The van der Waals surface area contributed by atoms with Gasteiger partial charge in [0.2, 0.25) is 5.91 Å². The molecule has 1 atom stereocenters. The number of benzene rings is 1. The van der Waals surface area contributed by atoms with Crippen molar-refractivity contribution in [2.45, 2.75) is 19.8 Å². The second kappa shape index (κ2) is 7.39. The van der Waals surface area contributed by atoms with E-state index in [4.69, 9.17) is 15.7 Å². The highest BCUT2D eigenvalue weighted by atomic mass is 16.5. The summed E-state index contributed by atoms with van der Waals surface area (Å²) in [7, 11) is 1.50. The second-order valence-electron chi connectivity index (χ2n) is 4.26. The van der Waals surface area contributed by atoms with E-state index in [0.29, 0.717) is 30.0 Å². The Morgan fingerprint density at radius 2 is 2.32 bits per heavy atom. The first-order chi connectivity index (χ1) is 9.15. The van der Waals surface area contributed by atoms with Crippen LogP contribution in [0.5, 0.6) is 5.75 Å². The van der Waals surface area contributed by atoms with Crippen molar-refractivity contribution >= 4 is 11.6 Å². The largest absolute Gasteiger partial charge is 0.495 e. The molecule has 0 heterocycles. The van der Waals surface area contributed by atoms with Crippen LogP contribution in [0.25, 0.3) is 0 Å². The molecule has 0 fully saturated rings. The van der Waals surface area contributed by atoms with Crippen molar-refractivity contribution in [1.29, 1.82) is 5.26 Å². The summed E-state index contributed by atoms with van der Waals surface area (Å²) in [5, 5.41) is 11.8. The monoisotopic (exact) mass is 261 g/mol. The molecule has 5 nitrogen and oxygen atoms in total. The van der Waals surface area contributed by atoms with Gasteiger partial charge in [-0.25, -0.2) is 0 Å². The van der Waals surface area contributed by atoms with Crippen molar-refractivity contribution in [2.24, 2.45) is 11.7 Å². The van der Waals surface area contributed by atoms with Crippen LogP contribution in [-0.4, -0.2) is 19.6 Å². The van der Waals surface area contributed by atoms with Crippen LogP contribution in [0, 0.1) is 17.2 Å². The Bertz CT molecular complexity index is 476. The molecule has 19 heavy (non-hydrogen) atoms. The molecule has 1 unspecified atom stereocenters. The van der Waals surface area contributed by atoms with Crippen LogP contribution < -0.4 is 15.8 Å². The molecule has 0 bridgehead atoms. The van der Waals surface area contributed by atoms with Gasteiger partial charge in [0.15, 0.2) is 0 Å². The zero-order valence-electron chi connectivity index (χ0n) is 11.3. The maximum absolute atomic E-state index is 11.9. The summed E-state index contributed by atoms with van der Waals surface area (Å²) in [4.78, 5) is 11.9. The Morgan fingerprint density at radius 1 is 1.58 bits per heavy atom. The number of amides is 1. The molecule has 0 aromatic heterocycles. The van der Waals surface area contributed by atoms with E-state index in [0.717, 1.165) is 6.42 Å². The Morgan fingerprint density at radius 3 is 2.84 bits per heavy atom. The smallest absolute Gasteiger partial charge is 0.224 e. The van der Waals surface area contributed by atoms with Gasteiger partial charge in [-0.3, -0.25) is 4.79 Å². The molecule has 1 aromatic rings. The van der Waals surface area contributed by atoms with Gasteiger partial charge in [0.25, 0.3) is 0 Å². The maximum atomic E-state index is 11.9. The third-order valence-electron chi connectivity index (χ3n) is 3.02. The van der Waals surface area contributed by atoms with Crippen LogP contribution in [0.15, 0.2) is 18.2 Å². The highest BCUT2D eigenvalue weighted by Gasteiger charge is 2.15. The average Bonchev–Trinajstić information content (AvgIpc) is 2.44. The normalized spacial score (nSPS) is 11.5. The standard InChI is InChI=1S/C14H19N3O2/c1-3-10(8-15)7-13(18)17-14-11(9-16)5-4-6-12(14)19-2/h4-6,10H,3,7-8,15H2,1-2H3,(H,17,18). The van der Waals surface area contributed by atoms with Crippen LogP contribution >= 0.6 is 0 Å². The van der Waals surface area contributed by atoms with E-state index in [9.17, 15) is 4.79 Å². The van der Waals surface area contributed by atoms with Crippen LogP contribution in [0.4, 0.5) is 5.69 Å². The zero-order chi connectivity index (χ0) is 14.3. The first-order valence-electron chi connectivity index (χ1n) is 6.23. The SMILES string of the molecule is CCC(CN)CC(=O)Nc1c(C#N)cccc1OC. The molecule has 1 amide bonds. The lowest BCUT2D eigenvalue weighted by Crippen LogP contribution is -2.22. The second-order valence-corrected chi connectivity index (χ2v) is 4.26. The number of nitriles is 1. The number of anilines is 1. The highest BCUT2D eigenvalue weighted by molar-refractivity contribution is 5.94. The Kier molecular flexibility index (Phi) is 5.83. The number of nitrogens with two attached hydrogens (primary N) is 1. The molecule has 0 radical (unpaired) electrons. The lowest BCUT2D eigenvalue weighted by atomic mass is 10.0. The van der Waals surface area contributed by atoms with E-state index in [1.54, 1.807) is 18.2 Å². The zero-order valence-corrected chi connectivity index (χ0v) is 11.3. The molecule has 5 heteroatoms. The van der Waals surface area contributed by atoms with E-state index in [1.165, 1.54) is 7.11 Å². The molecule has 0 aliphatic heterocycles. The first-order valence-corrected chi connectivity index (χ1v) is 6.23. The minimum atomic E-state index is -0.154. The highest BCUT2D eigenvalue weighted by Crippen LogP contribution is 2.28. The molecule has 0 saturated carbocycles. The van der Waals surface area contributed by atoms with Crippen molar-refractivity contribution in [3.63, 3.8) is 0 Å². The topological polar surface area (TPSA) is 88.1 Å². The number of nitrogens with one attached hydrogen (secondary N) is 1. The summed E-state index contributed by atoms with van der Waals surface area (Å²) < 4.78 is 5.16. The minimum absolute atomic E-state index is 0.153. The summed E-state index contributed by atoms with van der Waals surface area (Å²) in [6, 6.07) is 7.09. The van der Waals surface area contributed by atoms with E-state index in [-0.39, 0.29) is 11.8 Å². The molecule has 102 valence electrons. The molecule has 0 spiro atoms. The number of carbonyl (C=O) groups is 1. The number of nitrogens with zero attached hydrogens (tertiary/aromatic N) is 1. The van der Waals surface area contributed by atoms with Gasteiger partial charge in [0, 0.05) is 6.42 Å². The Hall–Kier alpha value is -2.06. The van der Waals surface area contributed by atoms with Crippen LogP contribution in [0.2, 0.25) is 0 Å². The third-order valence-corrected chi connectivity index (χ3v) is 3.02. The molecular formula is C14H19N3O2. The summed E-state index contributed by atoms with van der Waals surface area (Å²) in [5.74, 6) is 0.478. The van der Waals surface area contributed by atoms with Crippen molar-refractivity contribution in [1.82, 2.24) is 0 Å². The Balaban J connectivity index is 2.87. The molecule has 3 N–H and O–H groups in total. The first kappa shape index (κ1) is 15.0. The van der Waals surface area contributed by atoms with Gasteiger partial charge in [0.1, 0.15) is 17.5 Å². The summed E-state index contributed by atoms with van der Waals surface area (Å²) in [5.41, 5.74) is 6.38. The predicted molar refractivity (Wildman–Crippen MR) is 73.8 cm³/mol. The molecule has 0 saturated heterocycles. The number of para-hydroxylation sites is 1. The van der Waals surface area contributed by atoms with Crippen molar-refractivity contribution in [3.8, 4) is 11.8 Å². The van der Waals surface area contributed by atoms with Gasteiger partial charge in [-0.2, -0.15) is 5.26 Å². The average molecular weight is 261 g/mol. The Labute approximate surface area is 113 Å². The lowest BCUT2D eigenvalue weighted by Gasteiger charge is -2.14. The molecule has 1 aromatic carbocycles. The molecular weight excluding hydrogens is 242 g/mol. The van der Waals surface area contributed by atoms with Crippen LogP contribution in [-0.2, 0) is 4.79 Å². The summed E-state index contributed by atoms with van der Waals surface area (Å²) >= 11 is 0. The van der Waals surface area contributed by atoms with Gasteiger partial charge < -0.3 is 15.8 Å².